The molecule has 0 saturated carbocycles. The van der Waals surface area contributed by atoms with Crippen LogP contribution in [0.15, 0.2) is 30.5 Å². The van der Waals surface area contributed by atoms with Gasteiger partial charge >= 0.3 is 0 Å². The number of hydrogen-bond acceptors (Lipinski definition) is 3. The van der Waals surface area contributed by atoms with Gasteiger partial charge in [-0.25, -0.2) is 0 Å². The Balaban J connectivity index is 1.87. The number of aryl methyl sites for hydroxylation is 3. The van der Waals surface area contributed by atoms with Gasteiger partial charge in [-0.3, -0.25) is 4.68 Å². The quantitative estimate of drug-likeness (QED) is 0.848. The average molecular weight is 287 g/mol. The van der Waals surface area contributed by atoms with E-state index in [4.69, 9.17) is 4.74 Å². The van der Waals surface area contributed by atoms with Gasteiger partial charge in [0.1, 0.15) is 5.75 Å². The third-order valence-corrected chi connectivity index (χ3v) is 3.67. The summed E-state index contributed by atoms with van der Waals surface area (Å²) in [6.07, 6.45) is 5.15. The van der Waals surface area contributed by atoms with Crippen molar-refractivity contribution in [1.82, 2.24) is 9.78 Å². The molecule has 0 aliphatic rings. The number of anilines is 1. The van der Waals surface area contributed by atoms with Crippen molar-refractivity contribution in [1.29, 1.82) is 0 Å². The molecule has 1 atom stereocenters. The van der Waals surface area contributed by atoms with Gasteiger partial charge in [0.05, 0.1) is 18.5 Å². The van der Waals surface area contributed by atoms with Crippen molar-refractivity contribution in [2.24, 2.45) is 7.05 Å². The van der Waals surface area contributed by atoms with Crippen LogP contribution >= 0.6 is 0 Å². The molecule has 0 aliphatic carbocycles. The lowest BCUT2D eigenvalue weighted by molar-refractivity contribution is 0.414. The third-order valence-electron chi connectivity index (χ3n) is 3.67. The minimum Gasteiger partial charge on any atom is -0.497 e. The van der Waals surface area contributed by atoms with E-state index in [1.165, 1.54) is 5.56 Å². The number of nitrogens with zero attached hydrogens (tertiary/aromatic N) is 2. The lowest BCUT2D eigenvalue weighted by Crippen LogP contribution is -2.16. The largest absolute Gasteiger partial charge is 0.497 e. The standard InChI is InChI=1S/C17H25N3O/c1-5-16-17(12-20(3)19-16)18-13(2)6-7-14-8-10-15(21-4)11-9-14/h8-13,18H,5-7H2,1-4H3. The second kappa shape index (κ2) is 7.16. The highest BCUT2D eigenvalue weighted by atomic mass is 16.5. The second-order valence-electron chi connectivity index (χ2n) is 5.45. The van der Waals surface area contributed by atoms with Crippen LogP contribution in [0.1, 0.15) is 31.5 Å². The molecule has 4 nitrogen and oxygen atoms in total. The summed E-state index contributed by atoms with van der Waals surface area (Å²) in [6, 6.07) is 8.72. The first kappa shape index (κ1) is 15.4. The Morgan fingerprint density at radius 3 is 2.62 bits per heavy atom. The summed E-state index contributed by atoms with van der Waals surface area (Å²) < 4.78 is 7.05. The molecule has 0 aliphatic heterocycles. The highest BCUT2D eigenvalue weighted by Crippen LogP contribution is 2.17. The fourth-order valence-electron chi connectivity index (χ4n) is 2.43. The van der Waals surface area contributed by atoms with Gasteiger partial charge in [0.15, 0.2) is 0 Å². The van der Waals surface area contributed by atoms with E-state index in [1.807, 2.05) is 23.9 Å². The zero-order valence-corrected chi connectivity index (χ0v) is 13.4. The van der Waals surface area contributed by atoms with Gasteiger partial charge in [-0.15, -0.1) is 0 Å². The number of benzene rings is 1. The van der Waals surface area contributed by atoms with Crippen molar-refractivity contribution in [2.75, 3.05) is 12.4 Å². The fraction of sp³-hybridized carbons (Fsp3) is 0.471. The first-order valence-electron chi connectivity index (χ1n) is 7.54. The van der Waals surface area contributed by atoms with Gasteiger partial charge < -0.3 is 10.1 Å². The molecule has 4 heteroatoms. The molecule has 1 unspecified atom stereocenters. The summed E-state index contributed by atoms with van der Waals surface area (Å²) >= 11 is 0. The minimum atomic E-state index is 0.418. The molecule has 0 fully saturated rings. The number of aromatic nitrogens is 2. The zero-order valence-electron chi connectivity index (χ0n) is 13.4. The van der Waals surface area contributed by atoms with Crippen molar-refractivity contribution < 1.29 is 4.74 Å². The van der Waals surface area contributed by atoms with Crippen LogP contribution in [0, 0.1) is 0 Å². The number of ether oxygens (including phenoxy) is 1. The van der Waals surface area contributed by atoms with Gasteiger partial charge in [0, 0.05) is 19.3 Å². The van der Waals surface area contributed by atoms with E-state index < -0.39 is 0 Å². The van der Waals surface area contributed by atoms with Crippen LogP contribution in [0.25, 0.3) is 0 Å². The fourth-order valence-corrected chi connectivity index (χ4v) is 2.43. The molecule has 2 rings (SSSR count). The Morgan fingerprint density at radius 2 is 2.00 bits per heavy atom. The molecule has 1 aromatic carbocycles. The zero-order chi connectivity index (χ0) is 15.2. The molecule has 114 valence electrons. The number of hydrogen-bond donors (Lipinski definition) is 1. The summed E-state index contributed by atoms with van der Waals surface area (Å²) in [5.74, 6) is 0.910. The van der Waals surface area contributed by atoms with Crippen LogP contribution in [-0.4, -0.2) is 22.9 Å². The van der Waals surface area contributed by atoms with E-state index in [1.54, 1.807) is 7.11 Å². The van der Waals surface area contributed by atoms with Gasteiger partial charge in [-0.2, -0.15) is 5.10 Å². The third kappa shape index (κ3) is 4.25. The van der Waals surface area contributed by atoms with Gasteiger partial charge in [-0.05, 0) is 43.9 Å². The highest BCUT2D eigenvalue weighted by molar-refractivity contribution is 5.47. The topological polar surface area (TPSA) is 39.1 Å². The van der Waals surface area contributed by atoms with Gasteiger partial charge in [0.25, 0.3) is 0 Å². The van der Waals surface area contributed by atoms with Crippen LogP contribution in [0.5, 0.6) is 5.75 Å². The summed E-state index contributed by atoms with van der Waals surface area (Å²) in [6.45, 7) is 4.35. The van der Waals surface area contributed by atoms with Crippen molar-refractivity contribution in [3.8, 4) is 5.75 Å². The number of methoxy groups -OCH3 is 1. The molecule has 1 aromatic heterocycles. The van der Waals surface area contributed by atoms with Crippen LogP contribution in [-0.2, 0) is 19.9 Å². The van der Waals surface area contributed by atoms with E-state index in [-0.39, 0.29) is 0 Å². The molecule has 0 amide bonds. The van der Waals surface area contributed by atoms with Gasteiger partial charge in [0.2, 0.25) is 0 Å². The molecule has 0 bridgehead atoms. The predicted octanol–water partition coefficient (Wildman–Crippen LogP) is 3.42. The Labute approximate surface area is 127 Å². The molecular formula is C17H25N3O. The van der Waals surface area contributed by atoms with E-state index in [0.29, 0.717) is 6.04 Å². The van der Waals surface area contributed by atoms with Crippen molar-refractivity contribution in [3.63, 3.8) is 0 Å². The Kier molecular flexibility index (Phi) is 5.26. The smallest absolute Gasteiger partial charge is 0.118 e. The summed E-state index contributed by atoms with van der Waals surface area (Å²) in [7, 11) is 3.66. The van der Waals surface area contributed by atoms with E-state index in [0.717, 1.165) is 36.4 Å². The van der Waals surface area contributed by atoms with E-state index in [2.05, 4.69) is 42.6 Å². The lowest BCUT2D eigenvalue weighted by atomic mass is 10.1. The van der Waals surface area contributed by atoms with Crippen LogP contribution < -0.4 is 10.1 Å². The monoisotopic (exact) mass is 287 g/mol. The Hall–Kier alpha value is -1.97. The molecule has 21 heavy (non-hydrogen) atoms. The summed E-state index contributed by atoms with van der Waals surface area (Å²) in [5.41, 5.74) is 3.63. The van der Waals surface area contributed by atoms with Gasteiger partial charge in [-0.1, -0.05) is 19.1 Å². The predicted molar refractivity (Wildman–Crippen MR) is 87.0 cm³/mol. The number of rotatable bonds is 7. The molecular weight excluding hydrogens is 262 g/mol. The van der Waals surface area contributed by atoms with E-state index >= 15 is 0 Å². The molecule has 1 heterocycles. The van der Waals surface area contributed by atoms with Crippen molar-refractivity contribution >= 4 is 5.69 Å². The highest BCUT2D eigenvalue weighted by Gasteiger charge is 2.09. The maximum Gasteiger partial charge on any atom is 0.118 e. The van der Waals surface area contributed by atoms with Crippen LogP contribution in [0.4, 0.5) is 5.69 Å². The summed E-state index contributed by atoms with van der Waals surface area (Å²) in [5, 5.41) is 8.03. The van der Waals surface area contributed by atoms with Crippen molar-refractivity contribution in [2.45, 2.75) is 39.2 Å². The SMILES string of the molecule is CCc1nn(C)cc1NC(C)CCc1ccc(OC)cc1. The Morgan fingerprint density at radius 1 is 1.29 bits per heavy atom. The van der Waals surface area contributed by atoms with Crippen molar-refractivity contribution in [3.05, 3.63) is 41.7 Å². The molecule has 2 aromatic rings. The van der Waals surface area contributed by atoms with Crippen LogP contribution in [0.3, 0.4) is 0 Å². The maximum atomic E-state index is 5.18. The second-order valence-corrected chi connectivity index (χ2v) is 5.45. The number of nitrogens with one attached hydrogen (secondary N) is 1. The summed E-state index contributed by atoms with van der Waals surface area (Å²) in [4.78, 5) is 0. The molecule has 0 radical (unpaired) electrons. The normalized spacial score (nSPS) is 12.2. The first-order valence-corrected chi connectivity index (χ1v) is 7.54. The van der Waals surface area contributed by atoms with E-state index in [9.17, 15) is 0 Å². The molecule has 1 N–H and O–H groups in total. The average Bonchev–Trinajstić information content (AvgIpc) is 2.85. The Bertz CT molecular complexity index is 560. The molecule has 0 spiro atoms. The molecule has 0 saturated heterocycles. The first-order chi connectivity index (χ1) is 10.1. The minimum absolute atomic E-state index is 0.418. The maximum absolute atomic E-state index is 5.18. The lowest BCUT2D eigenvalue weighted by Gasteiger charge is -2.15. The van der Waals surface area contributed by atoms with Crippen LogP contribution in [0.2, 0.25) is 0 Å².